The third-order valence-corrected chi connectivity index (χ3v) is 2.15. The lowest BCUT2D eigenvalue weighted by Gasteiger charge is -2.05. The largest absolute Gasteiger partial charge is 0.472 e. The molecule has 2 heterocycles. The van der Waals surface area contributed by atoms with Crippen molar-refractivity contribution in [1.29, 1.82) is 0 Å². The summed E-state index contributed by atoms with van der Waals surface area (Å²) in [6, 6.07) is 1.91. The third-order valence-electron chi connectivity index (χ3n) is 2.15. The molecule has 2 rings (SSSR count). The van der Waals surface area contributed by atoms with Gasteiger partial charge in [-0.15, -0.1) is 0 Å². The highest BCUT2D eigenvalue weighted by Crippen LogP contribution is 2.22. The van der Waals surface area contributed by atoms with E-state index in [0.29, 0.717) is 5.95 Å². The number of rotatable bonds is 3. The van der Waals surface area contributed by atoms with Crippen molar-refractivity contribution in [3.63, 3.8) is 0 Å². The molecular weight excluding hydrogens is 178 g/mol. The van der Waals surface area contributed by atoms with E-state index < -0.39 is 0 Å². The summed E-state index contributed by atoms with van der Waals surface area (Å²) in [7, 11) is 0. The molecule has 0 spiro atoms. The Hall–Kier alpha value is -1.71. The molecule has 4 heteroatoms. The maximum atomic E-state index is 5.75. The molecule has 0 amide bonds. The first kappa shape index (κ1) is 8.87. The minimum absolute atomic E-state index is 0.558. The number of nitrogens with zero attached hydrogens (tertiary/aromatic N) is 2. The first-order valence-corrected chi connectivity index (χ1v) is 4.66. The molecule has 0 fully saturated rings. The maximum Gasteiger partial charge on any atom is 0.200 e. The van der Waals surface area contributed by atoms with Crippen LogP contribution in [0.4, 0.5) is 5.95 Å². The van der Waals surface area contributed by atoms with E-state index in [-0.39, 0.29) is 0 Å². The average Bonchev–Trinajstić information content (AvgIpc) is 2.77. The van der Waals surface area contributed by atoms with E-state index in [9.17, 15) is 0 Å². The van der Waals surface area contributed by atoms with Gasteiger partial charge in [0.15, 0.2) is 0 Å². The highest BCUT2D eigenvalue weighted by Gasteiger charge is 2.08. The molecule has 74 valence electrons. The van der Waals surface area contributed by atoms with Crippen LogP contribution in [0.5, 0.6) is 0 Å². The van der Waals surface area contributed by atoms with Gasteiger partial charge in [0.1, 0.15) is 0 Å². The second kappa shape index (κ2) is 3.57. The Morgan fingerprint density at radius 3 is 3.07 bits per heavy atom. The molecule has 14 heavy (non-hydrogen) atoms. The van der Waals surface area contributed by atoms with Crippen LogP contribution < -0.4 is 5.73 Å². The molecule has 0 saturated heterocycles. The molecule has 0 atom stereocenters. The molecule has 2 aromatic rings. The van der Waals surface area contributed by atoms with Crippen molar-refractivity contribution in [2.45, 2.75) is 19.9 Å². The van der Waals surface area contributed by atoms with Crippen molar-refractivity contribution >= 4 is 5.95 Å². The normalized spacial score (nSPS) is 10.6. The van der Waals surface area contributed by atoms with Crippen LogP contribution in [0.15, 0.2) is 29.2 Å². The molecule has 2 aromatic heterocycles. The summed E-state index contributed by atoms with van der Waals surface area (Å²) in [5, 5.41) is 0. The van der Waals surface area contributed by atoms with E-state index in [0.717, 1.165) is 24.2 Å². The number of nitrogen functional groups attached to an aromatic ring is 1. The van der Waals surface area contributed by atoms with Crippen molar-refractivity contribution in [1.82, 2.24) is 9.55 Å². The summed E-state index contributed by atoms with van der Waals surface area (Å²) in [6.45, 7) is 2.99. The summed E-state index contributed by atoms with van der Waals surface area (Å²) >= 11 is 0. The van der Waals surface area contributed by atoms with E-state index in [4.69, 9.17) is 10.2 Å². The van der Waals surface area contributed by atoms with Crippen LogP contribution in [-0.4, -0.2) is 9.55 Å². The number of aromatic nitrogens is 2. The van der Waals surface area contributed by atoms with Crippen LogP contribution >= 0.6 is 0 Å². The molecule has 0 aromatic carbocycles. The number of hydrogen-bond acceptors (Lipinski definition) is 3. The molecule has 2 N–H and O–H groups in total. The average molecular weight is 191 g/mol. The fraction of sp³-hybridized carbons (Fsp3) is 0.300. The van der Waals surface area contributed by atoms with Gasteiger partial charge >= 0.3 is 0 Å². The predicted molar refractivity (Wildman–Crippen MR) is 54.6 cm³/mol. The Balaban J connectivity index is 2.43. The minimum Gasteiger partial charge on any atom is -0.472 e. The van der Waals surface area contributed by atoms with Gasteiger partial charge in [0.2, 0.25) is 5.95 Å². The summed E-state index contributed by atoms with van der Waals surface area (Å²) in [5.74, 6) is 0.558. The second-order valence-corrected chi connectivity index (χ2v) is 3.17. The monoisotopic (exact) mass is 191 g/mol. The van der Waals surface area contributed by atoms with Crippen LogP contribution in [-0.2, 0) is 6.54 Å². The van der Waals surface area contributed by atoms with Gasteiger partial charge in [-0.25, -0.2) is 4.98 Å². The van der Waals surface area contributed by atoms with E-state index >= 15 is 0 Å². The topological polar surface area (TPSA) is 57.0 Å². The zero-order chi connectivity index (χ0) is 9.97. The van der Waals surface area contributed by atoms with Gasteiger partial charge in [-0.05, 0) is 12.5 Å². The number of anilines is 1. The molecule has 0 aliphatic heterocycles. The zero-order valence-electron chi connectivity index (χ0n) is 8.10. The summed E-state index contributed by atoms with van der Waals surface area (Å²) < 4.78 is 7.02. The summed E-state index contributed by atoms with van der Waals surface area (Å²) in [5.41, 5.74) is 7.78. The Morgan fingerprint density at radius 1 is 1.57 bits per heavy atom. The lowest BCUT2D eigenvalue weighted by atomic mass is 10.2. The Morgan fingerprint density at radius 2 is 2.43 bits per heavy atom. The molecule has 0 unspecified atom stereocenters. The van der Waals surface area contributed by atoms with Crippen molar-refractivity contribution in [3.8, 4) is 11.3 Å². The first-order chi connectivity index (χ1) is 6.83. The molecule has 0 radical (unpaired) electrons. The Bertz CT molecular complexity index is 403. The molecule has 0 aliphatic rings. The lowest BCUT2D eigenvalue weighted by molar-refractivity contribution is 0.567. The van der Waals surface area contributed by atoms with Gasteiger partial charge in [-0.2, -0.15) is 0 Å². The van der Waals surface area contributed by atoms with E-state index in [1.807, 2.05) is 10.6 Å². The van der Waals surface area contributed by atoms with Crippen LogP contribution in [0.3, 0.4) is 0 Å². The summed E-state index contributed by atoms with van der Waals surface area (Å²) in [4.78, 5) is 4.09. The van der Waals surface area contributed by atoms with Crippen LogP contribution in [0.1, 0.15) is 13.3 Å². The zero-order valence-corrected chi connectivity index (χ0v) is 8.10. The lowest BCUT2D eigenvalue weighted by Crippen LogP contribution is -2.03. The highest BCUT2D eigenvalue weighted by atomic mass is 16.3. The van der Waals surface area contributed by atoms with Crippen LogP contribution in [0.25, 0.3) is 11.3 Å². The fourth-order valence-corrected chi connectivity index (χ4v) is 1.49. The van der Waals surface area contributed by atoms with E-state index in [2.05, 4.69) is 11.9 Å². The van der Waals surface area contributed by atoms with Crippen LogP contribution in [0, 0.1) is 0 Å². The number of imidazole rings is 1. The van der Waals surface area contributed by atoms with Gasteiger partial charge in [0.05, 0.1) is 24.4 Å². The Labute approximate surface area is 82.4 Å². The number of hydrogen-bond donors (Lipinski definition) is 1. The Kier molecular flexibility index (Phi) is 2.26. The van der Waals surface area contributed by atoms with E-state index in [1.54, 1.807) is 18.7 Å². The first-order valence-electron chi connectivity index (χ1n) is 4.66. The van der Waals surface area contributed by atoms with Crippen LogP contribution in [0.2, 0.25) is 0 Å². The molecule has 0 aliphatic carbocycles. The van der Waals surface area contributed by atoms with Crippen molar-refractivity contribution < 1.29 is 4.42 Å². The van der Waals surface area contributed by atoms with E-state index in [1.165, 1.54) is 0 Å². The molecule has 0 bridgehead atoms. The van der Waals surface area contributed by atoms with Gasteiger partial charge < -0.3 is 14.7 Å². The van der Waals surface area contributed by atoms with Crippen molar-refractivity contribution in [3.05, 3.63) is 24.8 Å². The molecule has 4 nitrogen and oxygen atoms in total. The second-order valence-electron chi connectivity index (χ2n) is 3.17. The molecular formula is C10H13N3O. The van der Waals surface area contributed by atoms with Gasteiger partial charge in [0.25, 0.3) is 0 Å². The quantitative estimate of drug-likeness (QED) is 0.808. The number of furan rings is 1. The minimum atomic E-state index is 0.558. The van der Waals surface area contributed by atoms with Gasteiger partial charge in [0, 0.05) is 12.1 Å². The maximum absolute atomic E-state index is 5.75. The summed E-state index contributed by atoms with van der Waals surface area (Å²) in [6.07, 6.45) is 6.15. The van der Waals surface area contributed by atoms with Gasteiger partial charge in [-0.3, -0.25) is 0 Å². The highest BCUT2D eigenvalue weighted by molar-refractivity contribution is 5.59. The fourth-order valence-electron chi connectivity index (χ4n) is 1.49. The van der Waals surface area contributed by atoms with Crippen molar-refractivity contribution in [2.24, 2.45) is 0 Å². The van der Waals surface area contributed by atoms with Crippen molar-refractivity contribution in [2.75, 3.05) is 5.73 Å². The van der Waals surface area contributed by atoms with Gasteiger partial charge in [-0.1, -0.05) is 6.92 Å². The molecule has 0 saturated carbocycles. The number of nitrogens with two attached hydrogens (primary N) is 1. The third kappa shape index (κ3) is 1.39. The SMILES string of the molecule is CCCn1c(-c2ccoc2)cnc1N. The predicted octanol–water partition coefficient (Wildman–Crippen LogP) is 2.14. The smallest absolute Gasteiger partial charge is 0.200 e. The standard InChI is InChI=1S/C10H13N3O/c1-2-4-13-9(6-12-10(13)11)8-3-5-14-7-8/h3,5-7H,2,4H2,1H3,(H2,11,12).